The number of fused-ring (bicyclic) bond motifs is 3. The van der Waals surface area contributed by atoms with Crippen molar-refractivity contribution in [2.75, 3.05) is 33.5 Å². The number of hydrogen-bond donors (Lipinski definition) is 0. The van der Waals surface area contributed by atoms with E-state index in [1.165, 1.54) is 5.56 Å². The fourth-order valence-corrected chi connectivity index (χ4v) is 5.48. The Bertz CT molecular complexity index is 1110. The fourth-order valence-electron chi connectivity index (χ4n) is 5.48. The summed E-state index contributed by atoms with van der Waals surface area (Å²) in [7, 11) is 1.68. The summed E-state index contributed by atoms with van der Waals surface area (Å²) in [4.78, 5) is 19.1. The van der Waals surface area contributed by atoms with Crippen LogP contribution in [0.2, 0.25) is 0 Å². The lowest BCUT2D eigenvalue weighted by molar-refractivity contribution is 0.0582. The van der Waals surface area contributed by atoms with E-state index in [-0.39, 0.29) is 29.1 Å². The van der Waals surface area contributed by atoms with Crippen LogP contribution in [-0.4, -0.2) is 55.0 Å². The summed E-state index contributed by atoms with van der Waals surface area (Å²) in [6.07, 6.45) is 4.92. The number of ether oxygens (including phenoxy) is 4. The molecule has 1 saturated heterocycles. The maximum Gasteiger partial charge on any atom is 0.186 e. The second-order valence-electron chi connectivity index (χ2n) is 12.2. The summed E-state index contributed by atoms with van der Waals surface area (Å²) in [5.74, 6) is 2.73. The monoisotopic (exact) mass is 526 g/mol. The van der Waals surface area contributed by atoms with Crippen LogP contribution in [-0.2, 0) is 22.3 Å². The zero-order chi connectivity index (χ0) is 27.4. The molecule has 7 nitrogen and oxygen atoms in total. The number of aryl methyl sites for hydroxylation is 1. The Morgan fingerprint density at radius 3 is 2.53 bits per heavy atom. The first kappa shape index (κ1) is 28.6. The van der Waals surface area contributed by atoms with Crippen LogP contribution in [0, 0.1) is 11.3 Å². The Balaban J connectivity index is 1.72. The van der Waals surface area contributed by atoms with Gasteiger partial charge in [0.15, 0.2) is 17.3 Å². The van der Waals surface area contributed by atoms with E-state index in [9.17, 15) is 4.79 Å². The topological polar surface area (TPSA) is 71.8 Å². The van der Waals surface area contributed by atoms with Gasteiger partial charge in [-0.05, 0) is 69.4 Å². The maximum absolute atomic E-state index is 14.0. The van der Waals surface area contributed by atoms with Gasteiger partial charge in [-0.1, -0.05) is 27.7 Å². The van der Waals surface area contributed by atoms with Crippen LogP contribution < -0.4 is 9.47 Å². The number of methoxy groups -OCH3 is 1. The quantitative estimate of drug-likeness (QED) is 0.252. The summed E-state index contributed by atoms with van der Waals surface area (Å²) in [6.45, 7) is 15.3. The van der Waals surface area contributed by atoms with Crippen molar-refractivity contribution in [3.63, 3.8) is 0 Å². The molecule has 0 aliphatic carbocycles. The van der Waals surface area contributed by atoms with Gasteiger partial charge in [-0.25, -0.2) is 4.98 Å². The molecule has 4 rings (SSSR count). The number of nitrogens with zero attached hydrogens (tertiary/aromatic N) is 2. The highest BCUT2D eigenvalue weighted by atomic mass is 16.5. The molecular formula is C31H46N2O5. The van der Waals surface area contributed by atoms with Gasteiger partial charge in [0, 0.05) is 37.7 Å². The minimum absolute atomic E-state index is 0.0192. The molecule has 38 heavy (non-hydrogen) atoms. The number of hydrogen-bond acceptors (Lipinski definition) is 6. The molecule has 1 fully saturated rings. The Hall–Kier alpha value is -2.38. The fraction of sp³-hybridized carbons (Fsp3) is 0.677. The molecule has 0 N–H and O–H groups in total. The van der Waals surface area contributed by atoms with Crippen molar-refractivity contribution in [2.45, 2.75) is 92.1 Å². The van der Waals surface area contributed by atoms with Crippen molar-refractivity contribution in [1.29, 1.82) is 0 Å². The molecule has 1 aromatic carbocycles. The molecule has 2 aliphatic heterocycles. The van der Waals surface area contributed by atoms with E-state index >= 15 is 0 Å². The van der Waals surface area contributed by atoms with Crippen molar-refractivity contribution < 1.29 is 23.7 Å². The van der Waals surface area contributed by atoms with E-state index in [0.717, 1.165) is 74.0 Å². The third-order valence-corrected chi connectivity index (χ3v) is 7.43. The van der Waals surface area contributed by atoms with Gasteiger partial charge in [-0.15, -0.1) is 0 Å². The van der Waals surface area contributed by atoms with Gasteiger partial charge in [0.1, 0.15) is 11.5 Å². The highest BCUT2D eigenvalue weighted by molar-refractivity contribution is 5.97. The van der Waals surface area contributed by atoms with Crippen molar-refractivity contribution in [3.05, 3.63) is 34.9 Å². The van der Waals surface area contributed by atoms with Crippen LogP contribution in [0.1, 0.15) is 101 Å². The molecule has 1 atom stereocenters. The second kappa shape index (κ2) is 12.2. The smallest absolute Gasteiger partial charge is 0.186 e. The maximum atomic E-state index is 14.0. The zero-order valence-corrected chi connectivity index (χ0v) is 24.4. The van der Waals surface area contributed by atoms with Crippen LogP contribution in [0.25, 0.3) is 5.69 Å². The van der Waals surface area contributed by atoms with Gasteiger partial charge in [0.25, 0.3) is 0 Å². The van der Waals surface area contributed by atoms with E-state index in [1.54, 1.807) is 7.11 Å². The molecule has 0 amide bonds. The highest BCUT2D eigenvalue weighted by Gasteiger charge is 2.34. The van der Waals surface area contributed by atoms with Gasteiger partial charge in [0.2, 0.25) is 0 Å². The van der Waals surface area contributed by atoms with Gasteiger partial charge in [-0.2, -0.15) is 0 Å². The Morgan fingerprint density at radius 2 is 1.89 bits per heavy atom. The summed E-state index contributed by atoms with van der Waals surface area (Å²) in [5, 5.41) is 0. The van der Waals surface area contributed by atoms with Crippen molar-refractivity contribution >= 4 is 5.78 Å². The number of carbonyl (C=O) groups excluding carboxylic acids is 1. The Morgan fingerprint density at radius 1 is 1.16 bits per heavy atom. The summed E-state index contributed by atoms with van der Waals surface area (Å²) in [6, 6.07) is 4.17. The SMILES string of the molecule is CCC(CCOCC(C)(C)C)C(=O)c1nc(C2CCOCC2)n2c1CCc1cc(OC)c(OC(C)C)cc1-2. The molecule has 210 valence electrons. The molecule has 2 aromatic rings. The highest BCUT2D eigenvalue weighted by Crippen LogP contribution is 2.41. The van der Waals surface area contributed by atoms with E-state index in [4.69, 9.17) is 23.9 Å². The Kier molecular flexibility index (Phi) is 9.19. The van der Waals surface area contributed by atoms with Crippen LogP contribution in [0.3, 0.4) is 0 Å². The van der Waals surface area contributed by atoms with E-state index < -0.39 is 0 Å². The van der Waals surface area contributed by atoms with E-state index in [0.29, 0.717) is 25.3 Å². The van der Waals surface area contributed by atoms with Crippen LogP contribution in [0.5, 0.6) is 11.5 Å². The standard InChI is InChI=1S/C31H46N2O5/c1-8-21(11-16-37-19-31(4,5)6)29(34)28-24-10-9-23-17-26(35-7)27(38-20(2)3)18-25(23)33(24)30(32-28)22-12-14-36-15-13-22/h17-18,20-22H,8-16,19H2,1-7H3. The van der Waals surface area contributed by atoms with Crippen LogP contribution in [0.15, 0.2) is 12.1 Å². The molecule has 2 aliphatic rings. The molecular weight excluding hydrogens is 480 g/mol. The first-order chi connectivity index (χ1) is 18.1. The summed E-state index contributed by atoms with van der Waals surface area (Å²) >= 11 is 0. The molecule has 7 heteroatoms. The van der Waals surface area contributed by atoms with E-state index in [2.05, 4.69) is 44.4 Å². The van der Waals surface area contributed by atoms with Crippen molar-refractivity contribution in [2.24, 2.45) is 11.3 Å². The number of ketones is 1. The average molecular weight is 527 g/mol. The third-order valence-electron chi connectivity index (χ3n) is 7.43. The number of Topliss-reactive ketones (excluding diaryl/α,β-unsaturated/α-hetero) is 1. The number of aromatic nitrogens is 2. The van der Waals surface area contributed by atoms with Gasteiger partial charge in [-0.3, -0.25) is 9.36 Å². The first-order valence-corrected chi connectivity index (χ1v) is 14.3. The predicted molar refractivity (Wildman–Crippen MR) is 149 cm³/mol. The molecule has 0 radical (unpaired) electrons. The first-order valence-electron chi connectivity index (χ1n) is 14.3. The number of benzene rings is 1. The number of carbonyl (C=O) groups is 1. The minimum Gasteiger partial charge on any atom is -0.493 e. The lowest BCUT2D eigenvalue weighted by Crippen LogP contribution is -2.22. The summed E-state index contributed by atoms with van der Waals surface area (Å²) in [5.41, 5.74) is 4.03. The summed E-state index contributed by atoms with van der Waals surface area (Å²) < 4.78 is 25.7. The van der Waals surface area contributed by atoms with Crippen LogP contribution in [0.4, 0.5) is 0 Å². The average Bonchev–Trinajstić information content (AvgIpc) is 3.28. The molecule has 3 heterocycles. The molecule has 0 spiro atoms. The predicted octanol–water partition coefficient (Wildman–Crippen LogP) is 6.32. The Labute approximate surface area is 228 Å². The van der Waals surface area contributed by atoms with Gasteiger partial charge < -0.3 is 18.9 Å². The van der Waals surface area contributed by atoms with Gasteiger partial charge >= 0.3 is 0 Å². The number of rotatable bonds is 11. The zero-order valence-electron chi connectivity index (χ0n) is 24.4. The molecule has 0 saturated carbocycles. The molecule has 1 aromatic heterocycles. The second-order valence-corrected chi connectivity index (χ2v) is 12.2. The number of imidazole rings is 1. The van der Waals surface area contributed by atoms with Crippen molar-refractivity contribution in [1.82, 2.24) is 9.55 Å². The largest absolute Gasteiger partial charge is 0.493 e. The molecule has 0 bridgehead atoms. The van der Waals surface area contributed by atoms with E-state index in [1.807, 2.05) is 13.8 Å². The molecule has 1 unspecified atom stereocenters. The van der Waals surface area contributed by atoms with Crippen LogP contribution >= 0.6 is 0 Å². The van der Waals surface area contributed by atoms with Crippen molar-refractivity contribution in [3.8, 4) is 17.2 Å². The minimum atomic E-state index is -0.103. The van der Waals surface area contributed by atoms with Gasteiger partial charge in [0.05, 0.1) is 31.2 Å². The normalized spacial score (nSPS) is 16.7. The third kappa shape index (κ3) is 6.42. The lowest BCUT2D eigenvalue weighted by Gasteiger charge is -2.27. The lowest BCUT2D eigenvalue weighted by atomic mass is 9.92.